The lowest BCUT2D eigenvalue weighted by molar-refractivity contribution is -0.119. The van der Waals surface area contributed by atoms with Gasteiger partial charge in [0.2, 0.25) is 5.91 Å². The number of rotatable bonds is 5. The number of piperazine rings is 1. The van der Waals surface area contributed by atoms with Gasteiger partial charge in [-0.2, -0.15) is 13.2 Å². The minimum atomic E-state index is -4.38. The second kappa shape index (κ2) is 7.92. The fourth-order valence-corrected chi connectivity index (χ4v) is 2.81. The zero-order valence-electron chi connectivity index (χ0n) is 12.9. The molecule has 1 aliphatic rings. The molecular formula is C15H20F3N3OS. The van der Waals surface area contributed by atoms with Crippen molar-refractivity contribution in [2.24, 2.45) is 0 Å². The molecule has 1 heterocycles. The van der Waals surface area contributed by atoms with Gasteiger partial charge in [0.25, 0.3) is 0 Å². The molecule has 128 valence electrons. The number of carbonyl (C=O) groups is 1. The number of amides is 1. The van der Waals surface area contributed by atoms with Crippen LogP contribution in [0.4, 0.5) is 18.9 Å². The molecule has 0 unspecified atom stereocenters. The third kappa shape index (κ3) is 5.95. The normalized spacial score (nSPS) is 16.4. The Labute approximate surface area is 138 Å². The standard InChI is InChI=1S/C15H20F3N3OS/c1-20-6-8-21(9-7-20)13-5-3-2-4-12(13)10-19-14(22)11-23-15(16,17)18/h2-5H,6-11H2,1H3,(H,19,22). The Morgan fingerprint density at radius 3 is 2.52 bits per heavy atom. The molecular weight excluding hydrogens is 327 g/mol. The highest BCUT2D eigenvalue weighted by Crippen LogP contribution is 2.29. The van der Waals surface area contributed by atoms with Crippen molar-refractivity contribution in [3.05, 3.63) is 29.8 Å². The first-order chi connectivity index (χ1) is 10.8. The number of nitrogens with zero attached hydrogens (tertiary/aromatic N) is 2. The summed E-state index contributed by atoms with van der Waals surface area (Å²) in [7, 11) is 2.07. The van der Waals surface area contributed by atoms with Crippen LogP contribution in [0.1, 0.15) is 5.56 Å². The molecule has 0 aromatic heterocycles. The predicted octanol–water partition coefficient (Wildman–Crippen LogP) is 2.31. The molecule has 1 N–H and O–H groups in total. The lowest BCUT2D eigenvalue weighted by Gasteiger charge is -2.35. The number of likely N-dealkylation sites (N-methyl/N-ethyl adjacent to an activating group) is 1. The van der Waals surface area contributed by atoms with Crippen LogP contribution >= 0.6 is 11.8 Å². The van der Waals surface area contributed by atoms with Gasteiger partial charge in [0, 0.05) is 38.4 Å². The summed E-state index contributed by atoms with van der Waals surface area (Å²) in [4.78, 5) is 16.0. The fourth-order valence-electron chi connectivity index (χ4n) is 2.41. The molecule has 1 amide bonds. The fraction of sp³-hybridized carbons (Fsp3) is 0.533. The first-order valence-electron chi connectivity index (χ1n) is 7.34. The summed E-state index contributed by atoms with van der Waals surface area (Å²) in [5.41, 5.74) is -2.43. The Bertz CT molecular complexity index is 531. The number of hydrogen-bond acceptors (Lipinski definition) is 4. The molecule has 0 bridgehead atoms. The van der Waals surface area contributed by atoms with Gasteiger partial charge in [-0.25, -0.2) is 0 Å². The van der Waals surface area contributed by atoms with E-state index < -0.39 is 17.2 Å². The van der Waals surface area contributed by atoms with Crippen molar-refractivity contribution in [1.82, 2.24) is 10.2 Å². The number of nitrogens with one attached hydrogen (secondary N) is 1. The highest BCUT2D eigenvalue weighted by Gasteiger charge is 2.29. The quantitative estimate of drug-likeness (QED) is 0.887. The predicted molar refractivity (Wildman–Crippen MR) is 86.5 cm³/mol. The van der Waals surface area contributed by atoms with E-state index in [0.717, 1.165) is 37.4 Å². The average Bonchev–Trinajstić information content (AvgIpc) is 2.51. The van der Waals surface area contributed by atoms with E-state index in [1.165, 1.54) is 0 Å². The Balaban J connectivity index is 1.91. The smallest absolute Gasteiger partial charge is 0.369 e. The lowest BCUT2D eigenvalue weighted by Crippen LogP contribution is -2.45. The van der Waals surface area contributed by atoms with Crippen LogP contribution in [0.5, 0.6) is 0 Å². The largest absolute Gasteiger partial charge is 0.442 e. The molecule has 0 atom stereocenters. The van der Waals surface area contributed by atoms with Gasteiger partial charge in [0.1, 0.15) is 0 Å². The van der Waals surface area contributed by atoms with Crippen molar-refractivity contribution < 1.29 is 18.0 Å². The Morgan fingerprint density at radius 1 is 1.22 bits per heavy atom. The third-order valence-electron chi connectivity index (χ3n) is 3.68. The number of thioether (sulfide) groups is 1. The van der Waals surface area contributed by atoms with Crippen LogP contribution in [0.2, 0.25) is 0 Å². The van der Waals surface area contributed by atoms with E-state index in [2.05, 4.69) is 22.2 Å². The van der Waals surface area contributed by atoms with Crippen LogP contribution < -0.4 is 10.2 Å². The monoisotopic (exact) mass is 347 g/mol. The second-order valence-corrected chi connectivity index (χ2v) is 6.47. The average molecular weight is 347 g/mol. The van der Waals surface area contributed by atoms with Crippen LogP contribution in [0.25, 0.3) is 0 Å². The molecule has 23 heavy (non-hydrogen) atoms. The van der Waals surface area contributed by atoms with Gasteiger partial charge in [-0.05, 0) is 30.4 Å². The van der Waals surface area contributed by atoms with Gasteiger partial charge in [0.15, 0.2) is 0 Å². The number of halogens is 3. The maximum atomic E-state index is 12.1. The molecule has 1 aromatic rings. The molecule has 1 aromatic carbocycles. The van der Waals surface area contributed by atoms with Crippen LogP contribution in [-0.2, 0) is 11.3 Å². The first kappa shape index (κ1) is 17.9. The van der Waals surface area contributed by atoms with Gasteiger partial charge < -0.3 is 15.1 Å². The van der Waals surface area contributed by atoms with E-state index in [1.54, 1.807) is 0 Å². The van der Waals surface area contributed by atoms with E-state index in [1.807, 2.05) is 24.3 Å². The Morgan fingerprint density at radius 2 is 1.87 bits per heavy atom. The topological polar surface area (TPSA) is 35.6 Å². The lowest BCUT2D eigenvalue weighted by atomic mass is 10.1. The number of anilines is 1. The summed E-state index contributed by atoms with van der Waals surface area (Å²) < 4.78 is 36.3. The van der Waals surface area contributed by atoms with E-state index in [9.17, 15) is 18.0 Å². The molecule has 4 nitrogen and oxygen atoms in total. The second-order valence-electron chi connectivity index (χ2n) is 5.43. The number of benzene rings is 1. The van der Waals surface area contributed by atoms with Gasteiger partial charge in [-0.1, -0.05) is 18.2 Å². The van der Waals surface area contributed by atoms with E-state index in [-0.39, 0.29) is 18.3 Å². The van der Waals surface area contributed by atoms with Crippen LogP contribution in [0.3, 0.4) is 0 Å². The summed E-state index contributed by atoms with van der Waals surface area (Å²) >= 11 is -0.319. The van der Waals surface area contributed by atoms with Crippen molar-refractivity contribution >= 4 is 23.4 Å². The van der Waals surface area contributed by atoms with Crippen molar-refractivity contribution in [2.75, 3.05) is 43.9 Å². The maximum absolute atomic E-state index is 12.1. The zero-order chi connectivity index (χ0) is 16.9. The SMILES string of the molecule is CN1CCN(c2ccccc2CNC(=O)CSC(F)(F)F)CC1. The Kier molecular flexibility index (Phi) is 6.17. The summed E-state index contributed by atoms with van der Waals surface area (Å²) in [6.45, 7) is 3.95. The molecule has 1 fully saturated rings. The molecule has 0 spiro atoms. The molecule has 0 radical (unpaired) electrons. The van der Waals surface area contributed by atoms with Crippen LogP contribution in [-0.4, -0.2) is 55.3 Å². The third-order valence-corrected chi connectivity index (χ3v) is 4.41. The first-order valence-corrected chi connectivity index (χ1v) is 8.32. The van der Waals surface area contributed by atoms with Gasteiger partial charge in [0.05, 0.1) is 5.75 Å². The van der Waals surface area contributed by atoms with E-state index in [4.69, 9.17) is 0 Å². The summed E-state index contributed by atoms with van der Waals surface area (Å²) in [5, 5.41) is 2.56. The maximum Gasteiger partial charge on any atom is 0.442 e. The molecule has 8 heteroatoms. The zero-order valence-corrected chi connectivity index (χ0v) is 13.7. The van der Waals surface area contributed by atoms with Crippen LogP contribution in [0, 0.1) is 0 Å². The van der Waals surface area contributed by atoms with Gasteiger partial charge >= 0.3 is 5.51 Å². The minimum absolute atomic E-state index is 0.236. The number of para-hydroxylation sites is 1. The van der Waals surface area contributed by atoms with Gasteiger partial charge in [-0.3, -0.25) is 4.79 Å². The highest BCUT2D eigenvalue weighted by molar-refractivity contribution is 8.00. The van der Waals surface area contributed by atoms with E-state index >= 15 is 0 Å². The summed E-state index contributed by atoms with van der Waals surface area (Å²) in [5.74, 6) is -1.22. The molecule has 2 rings (SSSR count). The van der Waals surface area contributed by atoms with E-state index in [0.29, 0.717) is 0 Å². The number of carbonyl (C=O) groups excluding carboxylic acids is 1. The number of hydrogen-bond donors (Lipinski definition) is 1. The van der Waals surface area contributed by atoms with Crippen molar-refractivity contribution in [2.45, 2.75) is 12.1 Å². The number of alkyl halides is 3. The highest BCUT2D eigenvalue weighted by atomic mass is 32.2. The molecule has 0 aliphatic carbocycles. The molecule has 0 saturated carbocycles. The van der Waals surface area contributed by atoms with Crippen molar-refractivity contribution in [3.63, 3.8) is 0 Å². The molecule has 1 saturated heterocycles. The molecule has 1 aliphatic heterocycles. The van der Waals surface area contributed by atoms with Crippen LogP contribution in [0.15, 0.2) is 24.3 Å². The van der Waals surface area contributed by atoms with Crippen molar-refractivity contribution in [1.29, 1.82) is 0 Å². The summed E-state index contributed by atoms with van der Waals surface area (Å²) in [6.07, 6.45) is 0. The van der Waals surface area contributed by atoms with Gasteiger partial charge in [-0.15, -0.1) is 0 Å². The minimum Gasteiger partial charge on any atom is -0.369 e. The Hall–Kier alpha value is -1.41. The van der Waals surface area contributed by atoms with Crippen molar-refractivity contribution in [3.8, 4) is 0 Å². The summed E-state index contributed by atoms with van der Waals surface area (Å²) in [6, 6.07) is 7.67.